The second-order valence-electron chi connectivity index (χ2n) is 9.41. The van der Waals surface area contributed by atoms with Gasteiger partial charge in [0.1, 0.15) is 0 Å². The van der Waals surface area contributed by atoms with Gasteiger partial charge < -0.3 is 5.73 Å². The third kappa shape index (κ3) is 1.83. The zero-order chi connectivity index (χ0) is 15.5. The molecule has 1 aliphatic carbocycles. The van der Waals surface area contributed by atoms with E-state index in [1.54, 1.807) is 0 Å². The van der Waals surface area contributed by atoms with E-state index in [2.05, 4.69) is 69.2 Å². The average molecular weight is 268 g/mol. The van der Waals surface area contributed by atoms with Gasteiger partial charge in [0, 0.05) is 5.54 Å². The molecule has 1 heteroatoms. The van der Waals surface area contributed by atoms with Crippen molar-refractivity contribution in [1.29, 1.82) is 0 Å². The molecule has 1 fully saturated rings. The van der Waals surface area contributed by atoms with Crippen LogP contribution in [0.3, 0.4) is 0 Å². The number of hydrogen-bond acceptors (Lipinski definition) is 1. The first-order valence-corrected chi connectivity index (χ1v) is 7.98. The molecule has 0 aromatic rings. The topological polar surface area (TPSA) is 26.0 Å². The maximum absolute atomic E-state index is 6.64. The van der Waals surface area contributed by atoms with E-state index in [1.807, 2.05) is 0 Å². The summed E-state index contributed by atoms with van der Waals surface area (Å²) in [7, 11) is 0. The molecular formula is C18H37N. The summed E-state index contributed by atoms with van der Waals surface area (Å²) in [5, 5.41) is 0. The largest absolute Gasteiger partial charge is 0.325 e. The smallest absolute Gasteiger partial charge is 0.0154 e. The molecule has 0 radical (unpaired) electrons. The molecule has 1 rings (SSSR count). The molecule has 1 unspecified atom stereocenters. The van der Waals surface area contributed by atoms with Crippen LogP contribution in [-0.2, 0) is 0 Å². The van der Waals surface area contributed by atoms with Gasteiger partial charge in [0.25, 0.3) is 0 Å². The Morgan fingerprint density at radius 3 is 1.58 bits per heavy atom. The zero-order valence-electron chi connectivity index (χ0n) is 15.1. The van der Waals surface area contributed by atoms with Gasteiger partial charge in [-0.15, -0.1) is 0 Å². The molecule has 0 spiro atoms. The van der Waals surface area contributed by atoms with Crippen LogP contribution in [0.4, 0.5) is 0 Å². The Hall–Kier alpha value is -0.0400. The van der Waals surface area contributed by atoms with E-state index in [0.29, 0.717) is 16.7 Å². The standard InChI is InChI=1S/C18H37N/c1-11-13(2)18(16(7,8)17(9,10)19)14(3,4)12-15(18,5)6/h13H,11-12,19H2,1-10H3. The first-order chi connectivity index (χ1) is 8.19. The molecule has 0 aromatic heterocycles. The molecule has 1 saturated carbocycles. The van der Waals surface area contributed by atoms with Crippen molar-refractivity contribution in [3.63, 3.8) is 0 Å². The fourth-order valence-corrected chi connectivity index (χ4v) is 6.65. The van der Waals surface area contributed by atoms with Gasteiger partial charge in [-0.3, -0.25) is 0 Å². The molecule has 1 atom stereocenters. The van der Waals surface area contributed by atoms with Crippen LogP contribution in [0.1, 0.15) is 82.1 Å². The van der Waals surface area contributed by atoms with E-state index in [0.717, 1.165) is 0 Å². The van der Waals surface area contributed by atoms with Crippen LogP contribution in [0, 0.1) is 27.6 Å². The molecule has 1 nitrogen and oxygen atoms in total. The minimum atomic E-state index is -0.175. The summed E-state index contributed by atoms with van der Waals surface area (Å²) in [5.41, 5.74) is 7.55. The maximum atomic E-state index is 6.64. The minimum absolute atomic E-state index is 0.0979. The van der Waals surface area contributed by atoms with Crippen molar-refractivity contribution < 1.29 is 0 Å². The summed E-state index contributed by atoms with van der Waals surface area (Å²) >= 11 is 0. The van der Waals surface area contributed by atoms with E-state index in [1.165, 1.54) is 12.8 Å². The third-order valence-electron chi connectivity index (χ3n) is 6.97. The highest BCUT2D eigenvalue weighted by molar-refractivity contribution is 5.23. The molecule has 0 heterocycles. The monoisotopic (exact) mass is 267 g/mol. The molecule has 0 saturated heterocycles. The highest BCUT2D eigenvalue weighted by Gasteiger charge is 2.73. The van der Waals surface area contributed by atoms with Crippen molar-refractivity contribution in [3.05, 3.63) is 0 Å². The van der Waals surface area contributed by atoms with Crippen LogP contribution >= 0.6 is 0 Å². The summed E-state index contributed by atoms with van der Waals surface area (Å²) in [6.45, 7) is 23.8. The van der Waals surface area contributed by atoms with Crippen molar-refractivity contribution in [2.24, 2.45) is 33.3 Å². The van der Waals surface area contributed by atoms with Gasteiger partial charge in [0.2, 0.25) is 0 Å². The number of rotatable bonds is 4. The van der Waals surface area contributed by atoms with E-state index in [9.17, 15) is 0 Å². The highest BCUT2D eigenvalue weighted by Crippen LogP contribution is 2.78. The van der Waals surface area contributed by atoms with Gasteiger partial charge in [-0.25, -0.2) is 0 Å². The van der Waals surface area contributed by atoms with Gasteiger partial charge in [0.15, 0.2) is 0 Å². The summed E-state index contributed by atoms with van der Waals surface area (Å²) in [6.07, 6.45) is 2.52. The van der Waals surface area contributed by atoms with Crippen molar-refractivity contribution in [2.45, 2.75) is 87.6 Å². The van der Waals surface area contributed by atoms with Crippen LogP contribution in [0.25, 0.3) is 0 Å². The summed E-state index contributed by atoms with van der Waals surface area (Å²) in [6, 6.07) is 0. The number of nitrogens with two attached hydrogens (primary N) is 1. The Bertz CT molecular complexity index is 327. The fourth-order valence-electron chi connectivity index (χ4n) is 6.65. The van der Waals surface area contributed by atoms with Gasteiger partial charge in [-0.05, 0) is 47.8 Å². The van der Waals surface area contributed by atoms with E-state index >= 15 is 0 Å². The molecule has 19 heavy (non-hydrogen) atoms. The Morgan fingerprint density at radius 2 is 1.37 bits per heavy atom. The van der Waals surface area contributed by atoms with Crippen molar-refractivity contribution >= 4 is 0 Å². The Balaban J connectivity index is 3.55. The predicted octanol–water partition coefficient (Wildman–Crippen LogP) is 5.24. The quantitative estimate of drug-likeness (QED) is 0.740. The predicted molar refractivity (Wildman–Crippen MR) is 86.1 cm³/mol. The molecule has 2 N–H and O–H groups in total. The molecule has 0 aromatic carbocycles. The fraction of sp³-hybridized carbons (Fsp3) is 1.00. The van der Waals surface area contributed by atoms with E-state index in [4.69, 9.17) is 5.73 Å². The molecule has 1 aliphatic rings. The van der Waals surface area contributed by atoms with E-state index < -0.39 is 0 Å². The third-order valence-corrected chi connectivity index (χ3v) is 6.97. The Labute approximate surface area is 121 Å². The van der Waals surface area contributed by atoms with Crippen LogP contribution < -0.4 is 5.73 Å². The van der Waals surface area contributed by atoms with Crippen molar-refractivity contribution in [2.75, 3.05) is 0 Å². The average Bonchev–Trinajstić information content (AvgIpc) is 2.12. The van der Waals surface area contributed by atoms with Gasteiger partial charge in [-0.1, -0.05) is 61.8 Å². The second-order valence-corrected chi connectivity index (χ2v) is 9.41. The van der Waals surface area contributed by atoms with Crippen molar-refractivity contribution in [1.82, 2.24) is 0 Å². The number of hydrogen-bond donors (Lipinski definition) is 1. The lowest BCUT2D eigenvalue weighted by molar-refractivity contribution is -0.291. The summed E-state index contributed by atoms with van der Waals surface area (Å²) < 4.78 is 0. The lowest BCUT2D eigenvalue weighted by atomic mass is 9.27. The Morgan fingerprint density at radius 1 is 1.00 bits per heavy atom. The SMILES string of the molecule is CCC(C)C1(C(C)(C)C(C)(C)N)C(C)(C)CC1(C)C. The van der Waals surface area contributed by atoms with Crippen LogP contribution in [0.15, 0.2) is 0 Å². The van der Waals surface area contributed by atoms with Gasteiger partial charge >= 0.3 is 0 Å². The lowest BCUT2D eigenvalue weighted by Gasteiger charge is -2.78. The Kier molecular flexibility index (Phi) is 3.78. The zero-order valence-corrected chi connectivity index (χ0v) is 15.1. The van der Waals surface area contributed by atoms with Crippen LogP contribution in [0.2, 0.25) is 0 Å². The molecule has 0 aliphatic heterocycles. The van der Waals surface area contributed by atoms with Gasteiger partial charge in [0.05, 0.1) is 0 Å². The first-order valence-electron chi connectivity index (χ1n) is 7.98. The molecule has 0 amide bonds. The maximum Gasteiger partial charge on any atom is 0.0154 e. The first kappa shape index (κ1) is 17.0. The normalized spacial score (nSPS) is 26.7. The summed E-state index contributed by atoms with van der Waals surface area (Å²) in [5.74, 6) is 0.684. The molecule has 0 bridgehead atoms. The minimum Gasteiger partial charge on any atom is -0.325 e. The molecular weight excluding hydrogens is 230 g/mol. The van der Waals surface area contributed by atoms with Crippen LogP contribution in [-0.4, -0.2) is 5.54 Å². The highest BCUT2D eigenvalue weighted by atomic mass is 14.9. The van der Waals surface area contributed by atoms with Crippen LogP contribution in [0.5, 0.6) is 0 Å². The summed E-state index contributed by atoms with van der Waals surface area (Å²) in [4.78, 5) is 0. The van der Waals surface area contributed by atoms with Crippen molar-refractivity contribution in [3.8, 4) is 0 Å². The lowest BCUT2D eigenvalue weighted by Crippen LogP contribution is -2.75. The second kappa shape index (κ2) is 4.23. The van der Waals surface area contributed by atoms with Gasteiger partial charge in [-0.2, -0.15) is 0 Å². The van der Waals surface area contributed by atoms with E-state index in [-0.39, 0.29) is 16.4 Å². The molecule has 114 valence electrons.